The number of nitrogens with two attached hydrogens (primary N) is 1. The smallest absolute Gasteiger partial charge is 0.197 e. The van der Waals surface area contributed by atoms with Crippen molar-refractivity contribution in [1.29, 1.82) is 0 Å². The SMILES string of the molecule is NCC(=O)c1cc(F)c2c(c1)OCCO2. The molecule has 1 aromatic rings. The third kappa shape index (κ3) is 1.78. The van der Waals surface area contributed by atoms with Crippen LogP contribution in [-0.2, 0) is 0 Å². The van der Waals surface area contributed by atoms with Crippen molar-refractivity contribution in [2.45, 2.75) is 0 Å². The number of ketones is 1. The lowest BCUT2D eigenvalue weighted by molar-refractivity contribution is 0.0999. The van der Waals surface area contributed by atoms with E-state index in [-0.39, 0.29) is 29.4 Å². The molecule has 0 bridgehead atoms. The van der Waals surface area contributed by atoms with E-state index in [2.05, 4.69) is 0 Å². The van der Waals surface area contributed by atoms with Crippen LogP contribution in [0.5, 0.6) is 11.5 Å². The van der Waals surface area contributed by atoms with Crippen LogP contribution in [0.15, 0.2) is 12.1 Å². The fourth-order valence-electron chi connectivity index (χ4n) is 1.39. The molecule has 0 aromatic heterocycles. The van der Waals surface area contributed by atoms with Gasteiger partial charge in [0.25, 0.3) is 0 Å². The number of carbonyl (C=O) groups excluding carboxylic acids is 1. The summed E-state index contributed by atoms with van der Waals surface area (Å²) >= 11 is 0. The van der Waals surface area contributed by atoms with Crippen LogP contribution in [-0.4, -0.2) is 25.5 Å². The maximum atomic E-state index is 13.4. The van der Waals surface area contributed by atoms with Gasteiger partial charge in [-0.3, -0.25) is 4.79 Å². The van der Waals surface area contributed by atoms with Crippen molar-refractivity contribution in [2.75, 3.05) is 19.8 Å². The zero-order valence-corrected chi connectivity index (χ0v) is 7.96. The molecule has 5 heteroatoms. The second-order valence-corrected chi connectivity index (χ2v) is 3.11. The maximum Gasteiger partial charge on any atom is 0.197 e. The predicted octanol–water partition coefficient (Wildman–Crippen LogP) is 0.738. The van der Waals surface area contributed by atoms with Gasteiger partial charge in [0.2, 0.25) is 0 Å². The Kier molecular flexibility index (Phi) is 2.55. The second-order valence-electron chi connectivity index (χ2n) is 3.11. The standard InChI is InChI=1S/C10H10FNO3/c11-7-3-6(8(13)5-12)4-9-10(7)15-2-1-14-9/h3-4H,1-2,5,12H2. The van der Waals surface area contributed by atoms with Crippen molar-refractivity contribution < 1.29 is 18.7 Å². The number of halogens is 1. The third-order valence-corrected chi connectivity index (χ3v) is 2.10. The monoisotopic (exact) mass is 211 g/mol. The molecule has 1 heterocycles. The Morgan fingerprint density at radius 2 is 2.13 bits per heavy atom. The molecule has 0 unspecified atom stereocenters. The zero-order valence-electron chi connectivity index (χ0n) is 7.96. The molecule has 15 heavy (non-hydrogen) atoms. The highest BCUT2D eigenvalue weighted by atomic mass is 19.1. The molecule has 0 saturated heterocycles. The van der Waals surface area contributed by atoms with E-state index in [1.165, 1.54) is 6.07 Å². The first-order chi connectivity index (χ1) is 7.22. The quantitative estimate of drug-likeness (QED) is 0.733. The molecule has 1 aliphatic heterocycles. The lowest BCUT2D eigenvalue weighted by Crippen LogP contribution is -2.18. The van der Waals surface area contributed by atoms with Gasteiger partial charge in [-0.15, -0.1) is 0 Å². The molecule has 0 aliphatic carbocycles. The van der Waals surface area contributed by atoms with E-state index in [1.807, 2.05) is 0 Å². The van der Waals surface area contributed by atoms with Crippen molar-refractivity contribution in [2.24, 2.45) is 5.73 Å². The average Bonchev–Trinajstić information content (AvgIpc) is 2.28. The van der Waals surface area contributed by atoms with Gasteiger partial charge in [-0.25, -0.2) is 4.39 Å². The molecule has 4 nitrogen and oxygen atoms in total. The van der Waals surface area contributed by atoms with E-state index in [1.54, 1.807) is 0 Å². The summed E-state index contributed by atoms with van der Waals surface area (Å²) in [5.74, 6) is -0.595. The van der Waals surface area contributed by atoms with Crippen LogP contribution < -0.4 is 15.2 Å². The van der Waals surface area contributed by atoms with E-state index in [9.17, 15) is 9.18 Å². The van der Waals surface area contributed by atoms with Gasteiger partial charge < -0.3 is 15.2 Å². The fourth-order valence-corrected chi connectivity index (χ4v) is 1.39. The first kappa shape index (κ1) is 9.92. The van der Waals surface area contributed by atoms with Gasteiger partial charge >= 0.3 is 0 Å². The van der Waals surface area contributed by atoms with Crippen molar-refractivity contribution in [3.05, 3.63) is 23.5 Å². The van der Waals surface area contributed by atoms with Gasteiger partial charge in [0.05, 0.1) is 6.54 Å². The molecular weight excluding hydrogens is 201 g/mol. The molecule has 2 rings (SSSR count). The highest BCUT2D eigenvalue weighted by molar-refractivity contribution is 5.98. The van der Waals surface area contributed by atoms with Gasteiger partial charge in [-0.2, -0.15) is 0 Å². The lowest BCUT2D eigenvalue weighted by Gasteiger charge is -2.19. The summed E-state index contributed by atoms with van der Waals surface area (Å²) in [4.78, 5) is 11.3. The largest absolute Gasteiger partial charge is 0.486 e. The number of Topliss-reactive ketones (excluding diaryl/α,β-unsaturated/α-hetero) is 1. The predicted molar refractivity (Wildman–Crippen MR) is 50.8 cm³/mol. The van der Waals surface area contributed by atoms with E-state index in [0.29, 0.717) is 13.2 Å². The minimum Gasteiger partial charge on any atom is -0.486 e. The molecule has 0 fully saturated rings. The topological polar surface area (TPSA) is 61.6 Å². The Balaban J connectivity index is 2.45. The molecule has 1 aliphatic rings. The van der Waals surface area contributed by atoms with Gasteiger partial charge in [0.1, 0.15) is 13.2 Å². The number of benzene rings is 1. The van der Waals surface area contributed by atoms with E-state index in [0.717, 1.165) is 6.07 Å². The van der Waals surface area contributed by atoms with Crippen molar-refractivity contribution in [1.82, 2.24) is 0 Å². The van der Waals surface area contributed by atoms with Gasteiger partial charge in [-0.1, -0.05) is 0 Å². The normalized spacial score (nSPS) is 13.7. The number of fused-ring (bicyclic) bond motifs is 1. The van der Waals surface area contributed by atoms with Crippen LogP contribution in [0.4, 0.5) is 4.39 Å². The Morgan fingerprint density at radius 3 is 2.87 bits per heavy atom. The molecule has 2 N–H and O–H groups in total. The average molecular weight is 211 g/mol. The first-order valence-corrected chi connectivity index (χ1v) is 4.55. The maximum absolute atomic E-state index is 13.4. The summed E-state index contributed by atoms with van der Waals surface area (Å²) < 4.78 is 23.7. The summed E-state index contributed by atoms with van der Waals surface area (Å²) in [5, 5.41) is 0. The Morgan fingerprint density at radius 1 is 1.40 bits per heavy atom. The van der Waals surface area contributed by atoms with Crippen LogP contribution in [0.2, 0.25) is 0 Å². The third-order valence-electron chi connectivity index (χ3n) is 2.10. The highest BCUT2D eigenvalue weighted by Gasteiger charge is 2.19. The Hall–Kier alpha value is -1.62. The van der Waals surface area contributed by atoms with Gasteiger partial charge in [0, 0.05) is 5.56 Å². The summed E-state index contributed by atoms with van der Waals surface area (Å²) in [7, 11) is 0. The molecule has 0 spiro atoms. The number of hydrogen-bond donors (Lipinski definition) is 1. The minimum atomic E-state index is -0.594. The van der Waals surface area contributed by atoms with Crippen molar-refractivity contribution >= 4 is 5.78 Å². The lowest BCUT2D eigenvalue weighted by atomic mass is 10.1. The summed E-state index contributed by atoms with van der Waals surface area (Å²) in [6.45, 7) is 0.514. The molecule has 0 radical (unpaired) electrons. The zero-order chi connectivity index (χ0) is 10.8. The molecule has 1 aromatic carbocycles. The second kappa shape index (κ2) is 3.86. The summed E-state index contributed by atoms with van der Waals surface area (Å²) in [6.07, 6.45) is 0. The van der Waals surface area contributed by atoms with E-state index in [4.69, 9.17) is 15.2 Å². The summed E-state index contributed by atoms with van der Waals surface area (Å²) in [5.41, 5.74) is 5.39. The first-order valence-electron chi connectivity index (χ1n) is 4.55. The highest BCUT2D eigenvalue weighted by Crippen LogP contribution is 2.34. The molecular formula is C10H10FNO3. The van der Waals surface area contributed by atoms with Crippen molar-refractivity contribution in [3.63, 3.8) is 0 Å². The number of rotatable bonds is 2. The van der Waals surface area contributed by atoms with Crippen LogP contribution in [0.3, 0.4) is 0 Å². The van der Waals surface area contributed by atoms with E-state index < -0.39 is 5.82 Å². The number of hydrogen-bond acceptors (Lipinski definition) is 4. The molecule has 0 atom stereocenters. The molecule has 0 amide bonds. The van der Waals surface area contributed by atoms with Crippen LogP contribution in [0.1, 0.15) is 10.4 Å². The summed E-state index contributed by atoms with van der Waals surface area (Å²) in [6, 6.07) is 2.56. The number of carbonyl (C=O) groups is 1. The van der Waals surface area contributed by atoms with Gasteiger partial charge in [-0.05, 0) is 12.1 Å². The van der Waals surface area contributed by atoms with Gasteiger partial charge in [0.15, 0.2) is 23.1 Å². The van der Waals surface area contributed by atoms with Crippen LogP contribution >= 0.6 is 0 Å². The number of ether oxygens (including phenoxy) is 2. The molecule has 0 saturated carbocycles. The van der Waals surface area contributed by atoms with E-state index >= 15 is 0 Å². The minimum absolute atomic E-state index is 0.0646. The Labute approximate surface area is 85.8 Å². The van der Waals surface area contributed by atoms with Crippen LogP contribution in [0.25, 0.3) is 0 Å². The van der Waals surface area contributed by atoms with Crippen molar-refractivity contribution in [3.8, 4) is 11.5 Å². The van der Waals surface area contributed by atoms with Crippen LogP contribution in [0, 0.1) is 5.82 Å². The fraction of sp³-hybridized carbons (Fsp3) is 0.300. The molecule has 80 valence electrons. The Bertz CT molecular complexity index is 406.